The van der Waals surface area contributed by atoms with Crippen LogP contribution in [0.15, 0.2) is 48.6 Å². The third-order valence-corrected chi connectivity index (χ3v) is 7.92. The van der Waals surface area contributed by atoms with E-state index in [9.17, 15) is 13.6 Å². The molecule has 0 heterocycles. The van der Waals surface area contributed by atoms with Crippen molar-refractivity contribution in [2.45, 2.75) is 104 Å². The fourth-order valence-electron chi connectivity index (χ4n) is 5.38. The molecule has 0 saturated heterocycles. The van der Waals surface area contributed by atoms with Crippen molar-refractivity contribution in [3.63, 3.8) is 0 Å². The zero-order valence-corrected chi connectivity index (χ0v) is 25.0. The minimum atomic E-state index is -1.27. The van der Waals surface area contributed by atoms with Gasteiger partial charge in [-0.25, -0.2) is 9.18 Å². The lowest BCUT2D eigenvalue weighted by Gasteiger charge is -2.26. The highest BCUT2D eigenvalue weighted by Gasteiger charge is 2.21. The van der Waals surface area contributed by atoms with Gasteiger partial charge in [0, 0.05) is 0 Å². The van der Waals surface area contributed by atoms with Crippen molar-refractivity contribution >= 4 is 5.97 Å². The van der Waals surface area contributed by atoms with Crippen LogP contribution in [-0.2, 0) is 0 Å². The van der Waals surface area contributed by atoms with E-state index in [4.69, 9.17) is 14.2 Å². The Bertz CT molecular complexity index is 1060. The van der Waals surface area contributed by atoms with Gasteiger partial charge in [-0.2, -0.15) is 4.39 Å². The van der Waals surface area contributed by atoms with E-state index in [0.717, 1.165) is 25.2 Å². The maximum Gasteiger partial charge on any atom is 0.346 e. The first-order valence-electron chi connectivity index (χ1n) is 15.7. The summed E-state index contributed by atoms with van der Waals surface area (Å²) >= 11 is 0. The van der Waals surface area contributed by atoms with Crippen molar-refractivity contribution in [2.75, 3.05) is 13.2 Å². The molecule has 2 aromatic carbocycles. The SMILES string of the molecule is CCCCCCCCOc1ccc(C(=O)Oc2ccc(OC/C=C/[C@H]3CC[C@H](CCCCC)CC3)cc2)c(F)c1F. The Morgan fingerprint density at radius 3 is 2.17 bits per heavy atom. The monoisotopic (exact) mass is 570 g/mol. The molecule has 0 amide bonds. The molecule has 0 spiro atoms. The van der Waals surface area contributed by atoms with Crippen LogP contribution in [0.25, 0.3) is 0 Å². The first-order valence-corrected chi connectivity index (χ1v) is 15.7. The average molecular weight is 571 g/mol. The smallest absolute Gasteiger partial charge is 0.346 e. The second kappa shape index (κ2) is 18.5. The van der Waals surface area contributed by atoms with Gasteiger partial charge in [-0.15, -0.1) is 0 Å². The highest BCUT2D eigenvalue weighted by atomic mass is 19.2. The number of hydrogen-bond donors (Lipinski definition) is 0. The summed E-state index contributed by atoms with van der Waals surface area (Å²) in [5, 5.41) is 0. The van der Waals surface area contributed by atoms with E-state index in [0.29, 0.717) is 24.9 Å². The molecule has 4 nitrogen and oxygen atoms in total. The van der Waals surface area contributed by atoms with E-state index in [2.05, 4.69) is 26.0 Å². The lowest BCUT2D eigenvalue weighted by molar-refractivity contribution is 0.0728. The summed E-state index contributed by atoms with van der Waals surface area (Å²) < 4.78 is 45.6. The number of esters is 1. The molecule has 0 radical (unpaired) electrons. The molecule has 3 rings (SSSR count). The summed E-state index contributed by atoms with van der Waals surface area (Å²) in [7, 11) is 0. The molecule has 0 unspecified atom stereocenters. The van der Waals surface area contributed by atoms with Crippen molar-refractivity contribution in [2.24, 2.45) is 11.8 Å². The van der Waals surface area contributed by atoms with Crippen LogP contribution in [0.4, 0.5) is 8.78 Å². The molecule has 2 aromatic rings. The van der Waals surface area contributed by atoms with Crippen LogP contribution in [0, 0.1) is 23.5 Å². The molecule has 0 aromatic heterocycles. The summed E-state index contributed by atoms with van der Waals surface area (Å²) in [4.78, 5) is 12.5. The quantitative estimate of drug-likeness (QED) is 0.0774. The molecule has 41 heavy (non-hydrogen) atoms. The van der Waals surface area contributed by atoms with Crippen molar-refractivity contribution in [1.29, 1.82) is 0 Å². The molecule has 1 saturated carbocycles. The molecule has 1 aliphatic carbocycles. The van der Waals surface area contributed by atoms with Gasteiger partial charge < -0.3 is 14.2 Å². The topological polar surface area (TPSA) is 44.8 Å². The van der Waals surface area contributed by atoms with E-state index in [-0.39, 0.29) is 11.5 Å². The molecular weight excluding hydrogens is 522 g/mol. The molecule has 6 heteroatoms. The maximum atomic E-state index is 14.6. The Hall–Kier alpha value is -2.89. The number of unbranched alkanes of at least 4 members (excludes halogenated alkanes) is 7. The van der Waals surface area contributed by atoms with Crippen LogP contribution < -0.4 is 14.2 Å². The van der Waals surface area contributed by atoms with Crippen molar-refractivity contribution in [1.82, 2.24) is 0 Å². The summed E-state index contributed by atoms with van der Waals surface area (Å²) in [6.45, 7) is 5.18. The zero-order valence-electron chi connectivity index (χ0n) is 25.0. The highest BCUT2D eigenvalue weighted by Crippen LogP contribution is 2.32. The van der Waals surface area contributed by atoms with Crippen LogP contribution in [-0.4, -0.2) is 19.2 Å². The Morgan fingerprint density at radius 2 is 1.44 bits per heavy atom. The van der Waals surface area contributed by atoms with E-state index in [1.807, 2.05) is 0 Å². The van der Waals surface area contributed by atoms with E-state index >= 15 is 0 Å². The maximum absolute atomic E-state index is 14.6. The van der Waals surface area contributed by atoms with Gasteiger partial charge in [-0.05, 0) is 80.3 Å². The van der Waals surface area contributed by atoms with Gasteiger partial charge in [0.15, 0.2) is 11.6 Å². The van der Waals surface area contributed by atoms with E-state index in [1.165, 1.54) is 82.8 Å². The van der Waals surface area contributed by atoms with Gasteiger partial charge in [0.2, 0.25) is 5.82 Å². The lowest BCUT2D eigenvalue weighted by atomic mass is 9.79. The van der Waals surface area contributed by atoms with Crippen LogP contribution in [0.2, 0.25) is 0 Å². The second-order valence-electron chi connectivity index (χ2n) is 11.2. The van der Waals surface area contributed by atoms with Crippen LogP contribution >= 0.6 is 0 Å². The summed E-state index contributed by atoms with van der Waals surface area (Å²) in [5.74, 6) is -1.23. The molecule has 0 atom stereocenters. The number of carbonyl (C=O) groups is 1. The fraction of sp³-hybridized carbons (Fsp3) is 0.571. The second-order valence-corrected chi connectivity index (χ2v) is 11.2. The molecule has 1 aliphatic rings. The van der Waals surface area contributed by atoms with Gasteiger partial charge in [-0.1, -0.05) is 83.8 Å². The number of benzene rings is 2. The average Bonchev–Trinajstić information content (AvgIpc) is 2.98. The third kappa shape index (κ3) is 11.5. The Kier molecular flexibility index (Phi) is 14.7. The van der Waals surface area contributed by atoms with Crippen molar-refractivity contribution in [3.8, 4) is 17.2 Å². The van der Waals surface area contributed by atoms with Crippen LogP contribution in [0.5, 0.6) is 17.2 Å². The number of allylic oxidation sites excluding steroid dienone is 1. The fourth-order valence-corrected chi connectivity index (χ4v) is 5.38. The largest absolute Gasteiger partial charge is 0.490 e. The Balaban J connectivity index is 1.38. The lowest BCUT2D eigenvalue weighted by Crippen LogP contribution is -2.13. The summed E-state index contributed by atoms with van der Waals surface area (Å²) in [6.07, 6.45) is 21.3. The normalized spacial score (nSPS) is 17.1. The number of hydrogen-bond acceptors (Lipinski definition) is 4. The highest BCUT2D eigenvalue weighted by molar-refractivity contribution is 5.91. The number of carbonyl (C=O) groups excluding carboxylic acids is 1. The molecule has 0 bridgehead atoms. The van der Waals surface area contributed by atoms with Crippen LogP contribution in [0.3, 0.4) is 0 Å². The van der Waals surface area contributed by atoms with Gasteiger partial charge in [-0.3, -0.25) is 0 Å². The number of ether oxygens (including phenoxy) is 3. The summed E-state index contributed by atoms with van der Waals surface area (Å²) in [5.41, 5.74) is -0.477. The Labute approximate surface area is 245 Å². The minimum absolute atomic E-state index is 0.196. The van der Waals surface area contributed by atoms with Crippen LogP contribution in [0.1, 0.15) is 114 Å². The Morgan fingerprint density at radius 1 is 0.780 bits per heavy atom. The standard InChI is InChI=1S/C35H48F2O4/c1-3-5-7-8-9-11-25-40-32-24-23-31(33(36)34(32)37)35(38)41-30-21-19-29(20-22-30)39-26-12-14-28-17-15-27(16-18-28)13-10-6-4-2/h12,14,19-24,27-28H,3-11,13,15-18,25-26H2,1-2H3/b14-12+/t27-,28-. The molecule has 226 valence electrons. The van der Waals surface area contributed by atoms with Gasteiger partial charge >= 0.3 is 5.97 Å². The van der Waals surface area contributed by atoms with Gasteiger partial charge in [0.05, 0.1) is 12.2 Å². The van der Waals surface area contributed by atoms with Gasteiger partial charge in [0.25, 0.3) is 0 Å². The van der Waals surface area contributed by atoms with E-state index in [1.54, 1.807) is 24.3 Å². The molecule has 0 aliphatic heterocycles. The first kappa shape index (κ1) is 32.6. The molecular formula is C35H48F2O4. The number of rotatable bonds is 18. The molecule has 1 fully saturated rings. The minimum Gasteiger partial charge on any atom is -0.490 e. The first-order chi connectivity index (χ1) is 20.0. The third-order valence-electron chi connectivity index (χ3n) is 7.92. The summed E-state index contributed by atoms with van der Waals surface area (Å²) in [6, 6.07) is 8.99. The van der Waals surface area contributed by atoms with Crippen molar-refractivity contribution in [3.05, 3.63) is 65.7 Å². The predicted molar refractivity (Wildman–Crippen MR) is 161 cm³/mol. The van der Waals surface area contributed by atoms with E-state index < -0.39 is 23.2 Å². The van der Waals surface area contributed by atoms with Gasteiger partial charge in [0.1, 0.15) is 18.1 Å². The predicted octanol–water partition coefficient (Wildman–Crippen LogP) is 10.2. The van der Waals surface area contributed by atoms with Crippen molar-refractivity contribution < 1.29 is 27.8 Å². The zero-order chi connectivity index (χ0) is 29.3. The molecule has 0 N–H and O–H groups in total. The number of halogens is 2.